The zero-order valence-corrected chi connectivity index (χ0v) is 18.1. The lowest BCUT2D eigenvalue weighted by Crippen LogP contribution is -2.51. The molecule has 0 unspecified atom stereocenters. The molecule has 8 heteroatoms. The summed E-state index contributed by atoms with van der Waals surface area (Å²) < 4.78 is 5.22. The molecule has 0 bridgehead atoms. The van der Waals surface area contributed by atoms with Gasteiger partial charge in [-0.1, -0.05) is 6.07 Å². The largest absolute Gasteiger partial charge is 0.444 e. The molecule has 1 aliphatic heterocycles. The van der Waals surface area contributed by atoms with Gasteiger partial charge in [0.15, 0.2) is 0 Å². The Morgan fingerprint density at radius 1 is 0.968 bits per heavy atom. The van der Waals surface area contributed by atoms with Crippen molar-refractivity contribution in [1.82, 2.24) is 14.8 Å². The number of nitrogens with zero attached hydrogens (tertiary/aromatic N) is 3. The van der Waals surface area contributed by atoms with Gasteiger partial charge in [-0.3, -0.25) is 19.9 Å². The minimum atomic E-state index is -0.582. The van der Waals surface area contributed by atoms with Crippen LogP contribution in [-0.4, -0.2) is 64.5 Å². The van der Waals surface area contributed by atoms with Crippen molar-refractivity contribution in [2.45, 2.75) is 32.8 Å². The van der Waals surface area contributed by atoms with Gasteiger partial charge in [-0.25, -0.2) is 4.79 Å². The summed E-state index contributed by atoms with van der Waals surface area (Å²) in [5, 5.41) is 2.65. The highest BCUT2D eigenvalue weighted by atomic mass is 16.6. The molecule has 8 nitrogen and oxygen atoms in total. The van der Waals surface area contributed by atoms with Crippen molar-refractivity contribution >= 4 is 23.6 Å². The normalized spacial score (nSPS) is 14.2. The van der Waals surface area contributed by atoms with Crippen molar-refractivity contribution in [2.24, 2.45) is 0 Å². The van der Waals surface area contributed by atoms with Gasteiger partial charge in [-0.05, 0) is 57.2 Å². The minimum absolute atomic E-state index is 0.0170. The summed E-state index contributed by atoms with van der Waals surface area (Å²) >= 11 is 0. The number of amides is 3. The summed E-state index contributed by atoms with van der Waals surface area (Å²) in [7, 11) is 0. The molecule has 0 radical (unpaired) electrons. The first-order valence-corrected chi connectivity index (χ1v) is 10.3. The van der Waals surface area contributed by atoms with Gasteiger partial charge in [0.25, 0.3) is 5.91 Å². The number of anilines is 1. The third-order valence-corrected chi connectivity index (χ3v) is 4.76. The lowest BCUT2D eigenvalue weighted by Gasteiger charge is -2.34. The highest BCUT2D eigenvalue weighted by molar-refractivity contribution is 5.95. The highest BCUT2D eigenvalue weighted by Crippen LogP contribution is 2.15. The number of piperazine rings is 1. The molecule has 3 rings (SSSR count). The molecule has 1 saturated heterocycles. The Kier molecular flexibility index (Phi) is 6.89. The van der Waals surface area contributed by atoms with Crippen LogP contribution in [-0.2, 0) is 16.0 Å². The summed E-state index contributed by atoms with van der Waals surface area (Å²) in [6.07, 6.45) is 1.40. The molecular formula is C23H28N4O4. The second kappa shape index (κ2) is 9.59. The van der Waals surface area contributed by atoms with Crippen molar-refractivity contribution in [3.8, 4) is 0 Å². The van der Waals surface area contributed by atoms with Crippen LogP contribution in [0.1, 0.15) is 36.8 Å². The van der Waals surface area contributed by atoms with Crippen molar-refractivity contribution < 1.29 is 19.1 Å². The third kappa shape index (κ3) is 6.53. The zero-order valence-electron chi connectivity index (χ0n) is 18.1. The summed E-state index contributed by atoms with van der Waals surface area (Å²) in [6.45, 7) is 7.32. The maximum Gasteiger partial charge on any atom is 0.412 e. The van der Waals surface area contributed by atoms with Gasteiger partial charge in [0, 0.05) is 49.3 Å². The SMILES string of the molecule is CC(C)(C)OC(=O)Nc1ccc(C(=O)N2CCN(C(=O)Cc3ccccn3)CC2)cc1. The number of pyridine rings is 1. The molecule has 0 spiro atoms. The zero-order chi connectivity index (χ0) is 22.4. The van der Waals surface area contributed by atoms with Gasteiger partial charge in [-0.15, -0.1) is 0 Å². The molecule has 1 fully saturated rings. The van der Waals surface area contributed by atoms with E-state index in [0.29, 0.717) is 37.4 Å². The van der Waals surface area contributed by atoms with E-state index >= 15 is 0 Å². The van der Waals surface area contributed by atoms with E-state index in [1.54, 1.807) is 61.0 Å². The average Bonchev–Trinajstić information content (AvgIpc) is 2.73. The number of hydrogen-bond donors (Lipinski definition) is 1. The third-order valence-electron chi connectivity index (χ3n) is 4.76. The van der Waals surface area contributed by atoms with E-state index in [-0.39, 0.29) is 18.2 Å². The van der Waals surface area contributed by atoms with Crippen molar-refractivity contribution in [3.05, 3.63) is 59.9 Å². The van der Waals surface area contributed by atoms with Crippen LogP contribution >= 0.6 is 0 Å². The van der Waals surface area contributed by atoms with Crippen LogP contribution in [0.15, 0.2) is 48.7 Å². The Morgan fingerprint density at radius 3 is 2.19 bits per heavy atom. The summed E-state index contributed by atoms with van der Waals surface area (Å²) in [5.74, 6) is -0.0796. The van der Waals surface area contributed by atoms with Gasteiger partial charge < -0.3 is 14.5 Å². The maximum atomic E-state index is 12.8. The van der Waals surface area contributed by atoms with Crippen molar-refractivity contribution in [3.63, 3.8) is 0 Å². The van der Waals surface area contributed by atoms with E-state index in [1.165, 1.54) is 0 Å². The van der Waals surface area contributed by atoms with Crippen LogP contribution in [0, 0.1) is 0 Å². The molecule has 1 N–H and O–H groups in total. The number of nitrogens with one attached hydrogen (secondary N) is 1. The van der Waals surface area contributed by atoms with E-state index in [1.807, 2.05) is 18.2 Å². The van der Waals surface area contributed by atoms with Gasteiger partial charge in [0.1, 0.15) is 5.60 Å². The number of aromatic nitrogens is 1. The summed E-state index contributed by atoms with van der Waals surface area (Å²) in [4.78, 5) is 44.8. The first kappa shape index (κ1) is 22.3. The Hall–Kier alpha value is -3.42. The molecular weight excluding hydrogens is 396 g/mol. The molecule has 0 saturated carbocycles. The Morgan fingerprint density at radius 2 is 1.61 bits per heavy atom. The molecule has 2 aromatic rings. The predicted octanol–water partition coefficient (Wildman–Crippen LogP) is 2.96. The van der Waals surface area contributed by atoms with Gasteiger partial charge in [-0.2, -0.15) is 0 Å². The van der Waals surface area contributed by atoms with Crippen molar-refractivity contribution in [2.75, 3.05) is 31.5 Å². The van der Waals surface area contributed by atoms with E-state index in [4.69, 9.17) is 4.74 Å². The second-order valence-corrected chi connectivity index (χ2v) is 8.38. The summed E-state index contributed by atoms with van der Waals surface area (Å²) in [5.41, 5.74) is 1.24. The predicted molar refractivity (Wildman–Crippen MR) is 117 cm³/mol. The molecule has 2 heterocycles. The average molecular weight is 425 g/mol. The first-order chi connectivity index (χ1) is 14.7. The van der Waals surface area contributed by atoms with Crippen LogP contribution in [0.3, 0.4) is 0 Å². The Balaban J connectivity index is 1.50. The fourth-order valence-electron chi connectivity index (χ4n) is 3.23. The number of carbonyl (C=O) groups is 3. The molecule has 1 aliphatic rings. The number of ether oxygens (including phenoxy) is 1. The standard InChI is InChI=1S/C23H28N4O4/c1-23(2,3)31-22(30)25-18-9-7-17(8-10-18)21(29)27-14-12-26(13-15-27)20(28)16-19-6-4-5-11-24-19/h4-11H,12-16H2,1-3H3,(H,25,30). The van der Waals surface area contributed by atoms with Crippen molar-refractivity contribution in [1.29, 1.82) is 0 Å². The Labute approximate surface area is 182 Å². The molecule has 0 atom stereocenters. The van der Waals surface area contributed by atoms with E-state index < -0.39 is 11.7 Å². The topological polar surface area (TPSA) is 91.8 Å². The molecule has 1 aromatic carbocycles. The highest BCUT2D eigenvalue weighted by Gasteiger charge is 2.25. The lowest BCUT2D eigenvalue weighted by molar-refractivity contribution is -0.132. The Bertz CT molecular complexity index is 915. The van der Waals surface area contributed by atoms with Crippen LogP contribution in [0.25, 0.3) is 0 Å². The molecule has 3 amide bonds. The van der Waals surface area contributed by atoms with E-state index in [0.717, 1.165) is 5.69 Å². The number of carbonyl (C=O) groups excluding carboxylic acids is 3. The number of benzene rings is 1. The minimum Gasteiger partial charge on any atom is -0.444 e. The molecule has 1 aromatic heterocycles. The molecule has 0 aliphatic carbocycles. The molecule has 31 heavy (non-hydrogen) atoms. The maximum absolute atomic E-state index is 12.8. The first-order valence-electron chi connectivity index (χ1n) is 10.3. The summed E-state index contributed by atoms with van der Waals surface area (Å²) in [6, 6.07) is 12.2. The molecule has 164 valence electrons. The van der Waals surface area contributed by atoms with Crippen LogP contribution in [0.2, 0.25) is 0 Å². The number of rotatable bonds is 4. The fourth-order valence-corrected chi connectivity index (χ4v) is 3.23. The lowest BCUT2D eigenvalue weighted by atomic mass is 10.1. The fraction of sp³-hybridized carbons (Fsp3) is 0.391. The van der Waals surface area contributed by atoms with E-state index in [9.17, 15) is 14.4 Å². The van der Waals surface area contributed by atoms with Crippen LogP contribution in [0.5, 0.6) is 0 Å². The van der Waals surface area contributed by atoms with Crippen LogP contribution < -0.4 is 5.32 Å². The van der Waals surface area contributed by atoms with Gasteiger partial charge in [0.2, 0.25) is 5.91 Å². The van der Waals surface area contributed by atoms with Gasteiger partial charge >= 0.3 is 6.09 Å². The quantitative estimate of drug-likeness (QED) is 0.815. The number of hydrogen-bond acceptors (Lipinski definition) is 5. The van der Waals surface area contributed by atoms with Crippen LogP contribution in [0.4, 0.5) is 10.5 Å². The van der Waals surface area contributed by atoms with E-state index in [2.05, 4.69) is 10.3 Å². The second-order valence-electron chi connectivity index (χ2n) is 8.38. The smallest absolute Gasteiger partial charge is 0.412 e. The monoisotopic (exact) mass is 424 g/mol. The van der Waals surface area contributed by atoms with Gasteiger partial charge in [0.05, 0.1) is 6.42 Å².